The highest BCUT2D eigenvalue weighted by Gasteiger charge is 2.27. The Bertz CT molecular complexity index is 1360. The Kier molecular flexibility index (Phi) is 6.22. The minimum Gasteiger partial charge on any atom is -0.355 e. The lowest BCUT2D eigenvalue weighted by atomic mass is 10.0. The molecular formula is C24H20F3N5O2. The van der Waals surface area contributed by atoms with E-state index in [-0.39, 0.29) is 5.91 Å². The van der Waals surface area contributed by atoms with Gasteiger partial charge in [-0.1, -0.05) is 24.3 Å². The van der Waals surface area contributed by atoms with Gasteiger partial charge in [0, 0.05) is 30.1 Å². The normalized spacial score (nSPS) is 11.3. The van der Waals surface area contributed by atoms with Gasteiger partial charge in [-0.05, 0) is 47.5 Å². The van der Waals surface area contributed by atoms with Crippen molar-refractivity contribution >= 4 is 23.3 Å². The molecule has 4 aromatic rings. The van der Waals surface area contributed by atoms with Crippen LogP contribution in [0.2, 0.25) is 0 Å². The number of alkyl halides is 3. The lowest BCUT2D eigenvalue weighted by Crippen LogP contribution is -2.36. The molecule has 0 radical (unpaired) electrons. The molecule has 34 heavy (non-hydrogen) atoms. The summed E-state index contributed by atoms with van der Waals surface area (Å²) in [6, 6.07) is 16.8. The van der Waals surface area contributed by atoms with Crippen molar-refractivity contribution < 1.29 is 22.8 Å². The van der Waals surface area contributed by atoms with Crippen LogP contribution in [0.3, 0.4) is 0 Å². The third kappa shape index (κ3) is 5.17. The van der Waals surface area contributed by atoms with E-state index >= 15 is 0 Å². The highest BCUT2D eigenvalue weighted by molar-refractivity contribution is 5.95. The van der Waals surface area contributed by atoms with Crippen molar-refractivity contribution in [3.05, 3.63) is 78.6 Å². The number of hydrogen-bond donors (Lipinski definition) is 3. The van der Waals surface area contributed by atoms with Gasteiger partial charge in [0.1, 0.15) is 12.2 Å². The predicted molar refractivity (Wildman–Crippen MR) is 123 cm³/mol. The van der Waals surface area contributed by atoms with Crippen LogP contribution in [0.4, 0.5) is 23.7 Å². The number of carbonyl (C=O) groups is 2. The van der Waals surface area contributed by atoms with Crippen LogP contribution < -0.4 is 16.0 Å². The molecule has 0 spiro atoms. The first-order chi connectivity index (χ1) is 16.2. The SMILES string of the molecule is CNC(=O)c1cccc(-c2ccn3c(-c4cccc(NC(=O)NCC(F)(F)F)c4)cnc3c2)c1. The van der Waals surface area contributed by atoms with Gasteiger partial charge in [0.15, 0.2) is 0 Å². The Balaban J connectivity index is 1.58. The average Bonchev–Trinajstić information content (AvgIpc) is 3.25. The molecule has 2 aromatic carbocycles. The maximum absolute atomic E-state index is 12.3. The Morgan fingerprint density at radius 1 is 0.971 bits per heavy atom. The van der Waals surface area contributed by atoms with Crippen LogP contribution in [-0.4, -0.2) is 41.1 Å². The maximum Gasteiger partial charge on any atom is 0.405 e. The summed E-state index contributed by atoms with van der Waals surface area (Å²) in [5.74, 6) is -0.174. The van der Waals surface area contributed by atoms with Gasteiger partial charge in [-0.15, -0.1) is 0 Å². The molecule has 0 fully saturated rings. The second-order valence-electron chi connectivity index (χ2n) is 7.45. The van der Waals surface area contributed by atoms with E-state index in [1.165, 1.54) is 0 Å². The fourth-order valence-corrected chi connectivity index (χ4v) is 3.47. The number of carbonyl (C=O) groups excluding carboxylic acids is 2. The number of anilines is 1. The molecular weight excluding hydrogens is 447 g/mol. The van der Waals surface area contributed by atoms with E-state index in [9.17, 15) is 22.8 Å². The van der Waals surface area contributed by atoms with E-state index in [4.69, 9.17) is 0 Å². The first-order valence-corrected chi connectivity index (χ1v) is 10.3. The smallest absolute Gasteiger partial charge is 0.355 e. The van der Waals surface area contributed by atoms with Crippen LogP contribution in [0.15, 0.2) is 73.1 Å². The summed E-state index contributed by atoms with van der Waals surface area (Å²) in [4.78, 5) is 28.2. The van der Waals surface area contributed by atoms with Gasteiger partial charge in [-0.3, -0.25) is 9.20 Å². The second-order valence-corrected chi connectivity index (χ2v) is 7.45. The average molecular weight is 467 g/mol. The van der Waals surface area contributed by atoms with Crippen LogP contribution in [-0.2, 0) is 0 Å². The van der Waals surface area contributed by atoms with E-state index in [1.807, 2.05) is 40.9 Å². The molecule has 0 aliphatic carbocycles. The van der Waals surface area contributed by atoms with E-state index < -0.39 is 18.8 Å². The Hall–Kier alpha value is -4.34. The molecule has 0 saturated carbocycles. The number of nitrogens with one attached hydrogen (secondary N) is 3. The van der Waals surface area contributed by atoms with Gasteiger partial charge in [0.05, 0.1) is 11.9 Å². The van der Waals surface area contributed by atoms with Crippen LogP contribution in [0.25, 0.3) is 28.0 Å². The number of hydrogen-bond acceptors (Lipinski definition) is 3. The number of halogens is 3. The third-order valence-electron chi connectivity index (χ3n) is 5.06. The fraction of sp³-hybridized carbons (Fsp3) is 0.125. The minimum absolute atomic E-state index is 0.174. The van der Waals surface area contributed by atoms with Gasteiger partial charge < -0.3 is 16.0 Å². The largest absolute Gasteiger partial charge is 0.405 e. The number of amides is 3. The lowest BCUT2D eigenvalue weighted by molar-refractivity contribution is -0.122. The van der Waals surface area contributed by atoms with Gasteiger partial charge in [0.2, 0.25) is 0 Å². The molecule has 0 saturated heterocycles. The van der Waals surface area contributed by atoms with E-state index in [0.717, 1.165) is 22.4 Å². The zero-order valence-electron chi connectivity index (χ0n) is 18.0. The second kappa shape index (κ2) is 9.26. The van der Waals surface area contributed by atoms with Gasteiger partial charge >= 0.3 is 12.2 Å². The molecule has 0 aliphatic heterocycles. The lowest BCUT2D eigenvalue weighted by Gasteiger charge is -2.11. The molecule has 0 unspecified atom stereocenters. The number of benzene rings is 2. The molecule has 10 heteroatoms. The van der Waals surface area contributed by atoms with Crippen molar-refractivity contribution in [2.45, 2.75) is 6.18 Å². The van der Waals surface area contributed by atoms with Crippen molar-refractivity contribution in [1.29, 1.82) is 0 Å². The van der Waals surface area contributed by atoms with Crippen LogP contribution >= 0.6 is 0 Å². The van der Waals surface area contributed by atoms with E-state index in [2.05, 4.69) is 15.6 Å². The molecule has 0 atom stereocenters. The maximum atomic E-state index is 12.3. The topological polar surface area (TPSA) is 87.5 Å². The Morgan fingerprint density at radius 2 is 1.71 bits per heavy atom. The Morgan fingerprint density at radius 3 is 2.47 bits per heavy atom. The number of nitrogens with zero attached hydrogens (tertiary/aromatic N) is 2. The van der Waals surface area contributed by atoms with Crippen LogP contribution in [0.5, 0.6) is 0 Å². The number of rotatable bonds is 5. The summed E-state index contributed by atoms with van der Waals surface area (Å²) in [7, 11) is 1.58. The first-order valence-electron chi connectivity index (χ1n) is 10.3. The quantitative estimate of drug-likeness (QED) is 0.397. The highest BCUT2D eigenvalue weighted by Crippen LogP contribution is 2.27. The van der Waals surface area contributed by atoms with Crippen molar-refractivity contribution in [1.82, 2.24) is 20.0 Å². The van der Waals surface area contributed by atoms with Crippen molar-refractivity contribution in [3.8, 4) is 22.4 Å². The summed E-state index contributed by atoms with van der Waals surface area (Å²) >= 11 is 0. The molecule has 174 valence electrons. The summed E-state index contributed by atoms with van der Waals surface area (Å²) in [5.41, 5.74) is 4.76. The zero-order valence-corrected chi connectivity index (χ0v) is 18.0. The molecule has 2 aromatic heterocycles. The van der Waals surface area contributed by atoms with Crippen LogP contribution in [0.1, 0.15) is 10.4 Å². The first kappa shape index (κ1) is 22.8. The fourth-order valence-electron chi connectivity index (χ4n) is 3.47. The molecule has 0 bridgehead atoms. The van der Waals surface area contributed by atoms with E-state index in [1.54, 1.807) is 48.9 Å². The van der Waals surface area contributed by atoms with Crippen molar-refractivity contribution in [2.24, 2.45) is 0 Å². The highest BCUT2D eigenvalue weighted by atomic mass is 19.4. The van der Waals surface area contributed by atoms with Gasteiger partial charge in [0.25, 0.3) is 5.91 Å². The molecule has 7 nitrogen and oxygen atoms in total. The summed E-state index contributed by atoms with van der Waals surface area (Å²) < 4.78 is 38.7. The molecule has 4 rings (SSSR count). The molecule has 3 N–H and O–H groups in total. The number of imidazole rings is 1. The number of urea groups is 1. The summed E-state index contributed by atoms with van der Waals surface area (Å²) in [5, 5.41) is 6.78. The van der Waals surface area contributed by atoms with Crippen LogP contribution in [0, 0.1) is 0 Å². The monoisotopic (exact) mass is 467 g/mol. The van der Waals surface area contributed by atoms with Gasteiger partial charge in [-0.2, -0.15) is 13.2 Å². The third-order valence-corrected chi connectivity index (χ3v) is 5.06. The zero-order chi connectivity index (χ0) is 24.3. The predicted octanol–water partition coefficient (Wildman–Crippen LogP) is 4.71. The van der Waals surface area contributed by atoms with Crippen molar-refractivity contribution in [3.63, 3.8) is 0 Å². The van der Waals surface area contributed by atoms with E-state index in [0.29, 0.717) is 16.9 Å². The number of pyridine rings is 1. The standard InChI is InChI=1S/C24H20F3N5O2/c1-28-22(33)18-6-2-4-15(10-18)16-8-9-32-20(13-29-21(32)12-16)17-5-3-7-19(11-17)31-23(34)30-14-24(25,26)27/h2-13H,14H2,1H3,(H,28,33)(H2,30,31,34). The minimum atomic E-state index is -4.49. The molecule has 2 heterocycles. The molecule has 3 amide bonds. The van der Waals surface area contributed by atoms with Gasteiger partial charge in [-0.25, -0.2) is 9.78 Å². The summed E-state index contributed by atoms with van der Waals surface area (Å²) in [6.07, 6.45) is -0.975. The number of fused-ring (bicyclic) bond motifs is 1. The number of aromatic nitrogens is 2. The summed E-state index contributed by atoms with van der Waals surface area (Å²) in [6.45, 7) is -1.42. The van der Waals surface area contributed by atoms with Crippen molar-refractivity contribution in [2.75, 3.05) is 18.9 Å². The Labute approximate surface area is 192 Å². The molecule has 0 aliphatic rings.